The highest BCUT2D eigenvalue weighted by Gasteiger charge is 2.37. The molecule has 0 bridgehead atoms. The molecule has 0 spiro atoms. The van der Waals surface area contributed by atoms with Crippen LogP contribution >= 0.6 is 11.3 Å². The average Bonchev–Trinajstić information content (AvgIpc) is 3.80. The van der Waals surface area contributed by atoms with Crippen molar-refractivity contribution in [2.75, 3.05) is 0 Å². The summed E-state index contributed by atoms with van der Waals surface area (Å²) in [6.45, 7) is 4.70. The molecule has 0 aliphatic heterocycles. The van der Waals surface area contributed by atoms with Gasteiger partial charge in [0.05, 0.1) is 11.4 Å². The van der Waals surface area contributed by atoms with E-state index in [1.807, 2.05) is 17.4 Å². The van der Waals surface area contributed by atoms with Crippen LogP contribution in [0.15, 0.2) is 194 Å². The molecule has 60 heavy (non-hydrogen) atoms. The lowest BCUT2D eigenvalue weighted by Crippen LogP contribution is -2.14. The molecule has 0 radical (unpaired) electrons. The standard InChI is InChI=1S/C57H38N2S/c1-57(2)49-24-13-23-47(54(49)48-32-38-16-6-7-17-39(38)33-50(48)57)52-34-51(58-56(59-52)37-14-4-3-5-15-37)44-31-30-40(42-18-8-9-19-43(42)44)35-26-28-36(29-27-35)41-21-12-22-46-45-20-10-11-25-53(45)60-55(41)46/h3-34H,1-2H3. The van der Waals surface area contributed by atoms with Crippen LogP contribution < -0.4 is 0 Å². The molecule has 0 fully saturated rings. The van der Waals surface area contributed by atoms with E-state index in [0.717, 1.165) is 33.5 Å². The summed E-state index contributed by atoms with van der Waals surface area (Å²) >= 11 is 1.88. The van der Waals surface area contributed by atoms with Crippen molar-refractivity contribution in [1.82, 2.24) is 9.97 Å². The minimum atomic E-state index is -0.154. The first-order valence-electron chi connectivity index (χ1n) is 20.6. The van der Waals surface area contributed by atoms with Crippen molar-refractivity contribution < 1.29 is 0 Å². The van der Waals surface area contributed by atoms with Crippen molar-refractivity contribution in [2.45, 2.75) is 19.3 Å². The molecular weight excluding hydrogens is 745 g/mol. The van der Waals surface area contributed by atoms with Crippen LogP contribution in [-0.2, 0) is 5.41 Å². The van der Waals surface area contributed by atoms with E-state index in [9.17, 15) is 0 Å². The molecule has 11 aromatic rings. The van der Waals surface area contributed by atoms with Crippen molar-refractivity contribution >= 4 is 53.1 Å². The Bertz CT molecular complexity index is 3500. The third-order valence-corrected chi connectivity index (χ3v) is 13.9. The Balaban J connectivity index is 1.00. The van der Waals surface area contributed by atoms with Gasteiger partial charge in [0.25, 0.3) is 0 Å². The van der Waals surface area contributed by atoms with Gasteiger partial charge in [-0.3, -0.25) is 0 Å². The highest BCUT2D eigenvalue weighted by Crippen LogP contribution is 2.53. The zero-order chi connectivity index (χ0) is 40.0. The second kappa shape index (κ2) is 13.4. The van der Waals surface area contributed by atoms with E-state index in [4.69, 9.17) is 9.97 Å². The van der Waals surface area contributed by atoms with Crippen LogP contribution in [0.3, 0.4) is 0 Å². The maximum atomic E-state index is 5.36. The Morgan fingerprint density at radius 2 is 0.967 bits per heavy atom. The molecule has 0 saturated carbocycles. The Morgan fingerprint density at radius 3 is 1.75 bits per heavy atom. The lowest BCUT2D eigenvalue weighted by atomic mass is 9.81. The van der Waals surface area contributed by atoms with Gasteiger partial charge in [0.1, 0.15) is 0 Å². The zero-order valence-electron chi connectivity index (χ0n) is 33.3. The molecule has 0 N–H and O–H groups in total. The molecule has 2 nitrogen and oxygen atoms in total. The third-order valence-electron chi connectivity index (χ3n) is 12.7. The molecule has 2 aromatic heterocycles. The Hall–Kier alpha value is -7.20. The molecule has 282 valence electrons. The van der Waals surface area contributed by atoms with Gasteiger partial charge in [-0.25, -0.2) is 9.97 Å². The van der Waals surface area contributed by atoms with Gasteiger partial charge in [0.2, 0.25) is 0 Å². The highest BCUT2D eigenvalue weighted by molar-refractivity contribution is 7.26. The fourth-order valence-corrected chi connectivity index (χ4v) is 10.9. The monoisotopic (exact) mass is 782 g/mol. The number of hydrogen-bond donors (Lipinski definition) is 0. The van der Waals surface area contributed by atoms with Crippen LogP contribution in [0, 0.1) is 0 Å². The summed E-state index contributed by atoms with van der Waals surface area (Å²) in [4.78, 5) is 10.7. The number of hydrogen-bond acceptors (Lipinski definition) is 3. The van der Waals surface area contributed by atoms with Gasteiger partial charge in [0, 0.05) is 42.3 Å². The van der Waals surface area contributed by atoms with Gasteiger partial charge < -0.3 is 0 Å². The maximum Gasteiger partial charge on any atom is 0.160 e. The van der Waals surface area contributed by atoms with E-state index in [1.54, 1.807) is 0 Å². The van der Waals surface area contributed by atoms with Crippen molar-refractivity contribution in [2.24, 2.45) is 0 Å². The topological polar surface area (TPSA) is 25.8 Å². The van der Waals surface area contributed by atoms with Crippen molar-refractivity contribution in [1.29, 1.82) is 0 Å². The van der Waals surface area contributed by atoms with E-state index < -0.39 is 0 Å². The lowest BCUT2D eigenvalue weighted by Gasteiger charge is -2.22. The number of benzene rings is 9. The number of rotatable bonds is 5. The first kappa shape index (κ1) is 34.8. The molecule has 1 aliphatic rings. The number of aromatic nitrogens is 2. The first-order chi connectivity index (χ1) is 29.5. The molecule has 0 amide bonds. The minimum Gasteiger partial charge on any atom is -0.228 e. The average molecular weight is 783 g/mol. The van der Waals surface area contributed by atoms with Crippen molar-refractivity contribution in [3.8, 4) is 67.3 Å². The molecule has 0 atom stereocenters. The molecule has 0 unspecified atom stereocenters. The van der Waals surface area contributed by atoms with Crippen LogP contribution in [0.2, 0.25) is 0 Å². The number of thiophene rings is 1. The predicted molar refractivity (Wildman–Crippen MR) is 255 cm³/mol. The second-order valence-corrected chi connectivity index (χ2v) is 17.5. The summed E-state index contributed by atoms with van der Waals surface area (Å²) in [5.41, 5.74) is 15.0. The highest BCUT2D eigenvalue weighted by atomic mass is 32.1. The maximum absolute atomic E-state index is 5.36. The summed E-state index contributed by atoms with van der Waals surface area (Å²) in [5, 5.41) is 7.52. The fourth-order valence-electron chi connectivity index (χ4n) is 9.70. The van der Waals surface area contributed by atoms with Gasteiger partial charge in [-0.2, -0.15) is 0 Å². The summed E-state index contributed by atoms with van der Waals surface area (Å²) in [6.07, 6.45) is 0. The second-order valence-electron chi connectivity index (χ2n) is 16.5. The van der Waals surface area contributed by atoms with Crippen LogP contribution in [0.1, 0.15) is 25.0 Å². The molecule has 3 heteroatoms. The van der Waals surface area contributed by atoms with Crippen LogP contribution in [0.5, 0.6) is 0 Å². The van der Waals surface area contributed by atoms with Gasteiger partial charge in [-0.1, -0.05) is 184 Å². The SMILES string of the molecule is CC1(C)c2cc3ccccc3cc2-c2c(-c3cc(-c4ccc(-c5ccc(-c6cccc7c6sc6ccccc67)cc5)c5ccccc45)nc(-c4ccccc4)n3)cccc21. The Kier molecular flexibility index (Phi) is 7.79. The molecule has 2 heterocycles. The van der Waals surface area contributed by atoms with Crippen LogP contribution in [0.25, 0.3) is 109 Å². The first-order valence-corrected chi connectivity index (χ1v) is 21.5. The van der Waals surface area contributed by atoms with Gasteiger partial charge >= 0.3 is 0 Å². The predicted octanol–water partition coefficient (Wildman–Crippen LogP) is 15.8. The van der Waals surface area contributed by atoms with E-state index in [1.165, 1.54) is 80.8 Å². The zero-order valence-corrected chi connectivity index (χ0v) is 34.1. The summed E-state index contributed by atoms with van der Waals surface area (Å²) in [5.74, 6) is 0.717. The summed E-state index contributed by atoms with van der Waals surface area (Å²) < 4.78 is 2.66. The third kappa shape index (κ3) is 5.40. The van der Waals surface area contributed by atoms with Gasteiger partial charge in [-0.05, 0) is 90.3 Å². The molecule has 12 rings (SSSR count). The summed E-state index contributed by atoms with van der Waals surface area (Å²) in [7, 11) is 0. The van der Waals surface area contributed by atoms with Gasteiger partial charge in [0.15, 0.2) is 5.82 Å². The molecule has 1 aliphatic carbocycles. The van der Waals surface area contributed by atoms with Crippen molar-refractivity contribution in [3.63, 3.8) is 0 Å². The van der Waals surface area contributed by atoms with E-state index >= 15 is 0 Å². The quantitative estimate of drug-likeness (QED) is 0.174. The molecular formula is C57H38N2S. The fraction of sp³-hybridized carbons (Fsp3) is 0.0526. The van der Waals surface area contributed by atoms with Crippen LogP contribution in [0.4, 0.5) is 0 Å². The molecule has 9 aromatic carbocycles. The molecule has 0 saturated heterocycles. The van der Waals surface area contributed by atoms with E-state index in [2.05, 4.69) is 202 Å². The Morgan fingerprint density at radius 1 is 0.383 bits per heavy atom. The normalized spacial score (nSPS) is 13.0. The largest absolute Gasteiger partial charge is 0.228 e. The Labute approximate surface area is 353 Å². The number of nitrogens with zero attached hydrogens (tertiary/aromatic N) is 2. The lowest BCUT2D eigenvalue weighted by molar-refractivity contribution is 0.661. The summed E-state index contributed by atoms with van der Waals surface area (Å²) in [6, 6.07) is 70.6. The number of fused-ring (bicyclic) bond motifs is 8. The smallest absolute Gasteiger partial charge is 0.160 e. The van der Waals surface area contributed by atoms with E-state index in [0.29, 0.717) is 5.82 Å². The minimum absolute atomic E-state index is 0.154. The van der Waals surface area contributed by atoms with Gasteiger partial charge in [-0.15, -0.1) is 11.3 Å². The van der Waals surface area contributed by atoms with Crippen molar-refractivity contribution in [3.05, 3.63) is 205 Å². The van der Waals surface area contributed by atoms with E-state index in [-0.39, 0.29) is 5.41 Å². The van der Waals surface area contributed by atoms with Crippen LogP contribution in [-0.4, -0.2) is 9.97 Å².